The predicted molar refractivity (Wildman–Crippen MR) is 323 cm³/mol. The van der Waals surface area contributed by atoms with E-state index < -0.39 is 32.3 Å². The lowest BCUT2D eigenvalue weighted by Crippen LogP contribution is -2.40. The van der Waals surface area contributed by atoms with Crippen molar-refractivity contribution in [2.45, 2.75) is 183 Å². The zero-order valence-corrected chi connectivity index (χ0v) is 52.3. The molecule has 378 valence electrons. The zero-order chi connectivity index (χ0) is 53.2. The summed E-state index contributed by atoms with van der Waals surface area (Å²) in [6.07, 6.45) is 0. The Morgan fingerprint density at radius 2 is 0.569 bits per heavy atom. The van der Waals surface area contributed by atoms with Crippen LogP contribution in [0.3, 0.4) is 0 Å². The van der Waals surface area contributed by atoms with Gasteiger partial charge in [-0.15, -0.1) is 0 Å². The third-order valence-electron chi connectivity index (χ3n) is 14.9. The topological polar surface area (TPSA) is 109 Å². The standard InChI is InChI=1S/C60H82N8Si4/c1-57(2,3)33-25-37-45(41(29-33)69(13,14)15)53-61-49(37)65-54-46-38(26-34(58(4,5)6)30-42(46)70(16,17)18)51(62-54)67-56-48-40(28-36(60(10,11)12)32-44(48)72(22,23)24)52(64-56)68-55-47-39(50(63-55)66-53)27-35(59(7,8)9)31-43(47)71(19,20)21/h25-32H,1-24H3,(H2,61,62,63,64,65,66,67,68). The molecule has 0 atom stereocenters. The Kier molecular flexibility index (Phi) is 11.8. The second-order valence-corrected chi connectivity index (χ2v) is 49.5. The van der Waals surface area contributed by atoms with Crippen LogP contribution in [0, 0.1) is 0 Å². The molecule has 0 spiro atoms. The first kappa shape index (κ1) is 52.0. The molecule has 0 amide bonds. The van der Waals surface area contributed by atoms with Gasteiger partial charge >= 0.3 is 0 Å². The number of fused-ring (bicyclic) bond motifs is 20. The molecular formula is C60H82N8Si4. The van der Waals surface area contributed by atoms with E-state index in [1.165, 1.54) is 43.0 Å². The molecule has 72 heavy (non-hydrogen) atoms. The SMILES string of the molecule is CC(C)(C)c1cc2c(c([Si](C)(C)C)c1)-c1nc-2nc2[nH]c(nc3nc(nc4[nH]c(n1)c1cc(C(C)(C)C)cc([Si](C)(C)C)c41)-c1cc(C(C)(C)C)cc([Si](C)(C)C)c1-3)c1cc(C(C)(C)C)cc([Si](C)(C)C)c21. The van der Waals surface area contributed by atoms with Crippen LogP contribution in [0.2, 0.25) is 78.6 Å². The van der Waals surface area contributed by atoms with Gasteiger partial charge in [0.15, 0.2) is 23.3 Å². The van der Waals surface area contributed by atoms with Gasteiger partial charge in [0.25, 0.3) is 0 Å². The van der Waals surface area contributed by atoms with Gasteiger partial charge in [-0.3, -0.25) is 0 Å². The molecule has 0 saturated heterocycles. The van der Waals surface area contributed by atoms with Crippen molar-refractivity contribution in [3.8, 4) is 45.6 Å². The summed E-state index contributed by atoms with van der Waals surface area (Å²) in [6.45, 7) is 57.1. The van der Waals surface area contributed by atoms with Crippen molar-refractivity contribution >= 4 is 97.2 Å². The highest BCUT2D eigenvalue weighted by molar-refractivity contribution is 6.92. The Hall–Kier alpha value is -4.89. The predicted octanol–water partition coefficient (Wildman–Crippen LogP) is 14.2. The molecule has 2 aliphatic heterocycles. The van der Waals surface area contributed by atoms with Gasteiger partial charge in [0.05, 0.1) is 32.3 Å². The average molecular weight is 1030 g/mol. The number of H-pyrrole nitrogens is 2. The molecule has 0 fully saturated rings. The first-order chi connectivity index (χ1) is 32.7. The summed E-state index contributed by atoms with van der Waals surface area (Å²) in [4.78, 5) is 42.1. The van der Waals surface area contributed by atoms with Crippen LogP contribution < -0.4 is 20.7 Å². The molecule has 8 nitrogen and oxygen atoms in total. The summed E-state index contributed by atoms with van der Waals surface area (Å²) in [5, 5.41) is 9.74. The van der Waals surface area contributed by atoms with Crippen LogP contribution in [0.25, 0.3) is 89.7 Å². The Morgan fingerprint density at radius 3 is 0.847 bits per heavy atom. The number of hydrogen-bond donors (Lipinski definition) is 2. The van der Waals surface area contributed by atoms with E-state index in [4.69, 9.17) is 29.9 Å². The molecule has 12 heteroatoms. The van der Waals surface area contributed by atoms with E-state index in [9.17, 15) is 0 Å². The lowest BCUT2D eigenvalue weighted by Gasteiger charge is -2.26. The molecule has 0 aliphatic carbocycles. The number of nitrogens with one attached hydrogen (secondary N) is 2. The number of aromatic nitrogens is 8. The van der Waals surface area contributed by atoms with Crippen molar-refractivity contribution in [1.29, 1.82) is 0 Å². The van der Waals surface area contributed by atoms with Crippen LogP contribution in [-0.4, -0.2) is 72.2 Å². The number of aromatic amines is 2. The Labute approximate surface area is 434 Å². The minimum absolute atomic E-state index is 0.105. The van der Waals surface area contributed by atoms with Gasteiger partial charge in [0.1, 0.15) is 22.6 Å². The molecule has 0 saturated carbocycles. The first-order valence-corrected chi connectivity index (χ1v) is 40.3. The summed E-state index contributed by atoms with van der Waals surface area (Å²) in [5.41, 5.74) is 12.0. The highest BCUT2D eigenvalue weighted by Gasteiger charge is 2.36. The van der Waals surface area contributed by atoms with E-state index in [0.29, 0.717) is 23.3 Å². The van der Waals surface area contributed by atoms with Gasteiger partial charge in [-0.1, -0.05) is 186 Å². The van der Waals surface area contributed by atoms with E-state index in [2.05, 4.69) is 220 Å². The summed E-state index contributed by atoms with van der Waals surface area (Å²) < 4.78 is 0. The van der Waals surface area contributed by atoms with E-state index in [-0.39, 0.29) is 21.7 Å². The van der Waals surface area contributed by atoms with Crippen molar-refractivity contribution in [1.82, 2.24) is 39.9 Å². The zero-order valence-electron chi connectivity index (χ0n) is 48.3. The maximum Gasteiger partial charge on any atom is 0.164 e. The molecule has 9 rings (SSSR count). The van der Waals surface area contributed by atoms with E-state index in [1.54, 1.807) is 0 Å². The maximum atomic E-state index is 5.77. The highest BCUT2D eigenvalue weighted by Crippen LogP contribution is 2.42. The smallest absolute Gasteiger partial charge is 0.164 e. The summed E-state index contributed by atoms with van der Waals surface area (Å²) in [7, 11) is -8.13. The Balaban J connectivity index is 1.62. The second-order valence-electron chi connectivity index (χ2n) is 29.4. The normalized spacial score (nSPS) is 14.1. The van der Waals surface area contributed by atoms with Gasteiger partial charge in [-0.2, -0.15) is 0 Å². The van der Waals surface area contributed by atoms with Gasteiger partial charge in [0, 0.05) is 43.8 Å². The molecule has 3 aromatic heterocycles. The van der Waals surface area contributed by atoms with E-state index in [1.807, 2.05) is 0 Å². The fraction of sp³-hybridized carbons (Fsp3) is 0.467. The van der Waals surface area contributed by atoms with Crippen molar-refractivity contribution in [2.24, 2.45) is 0 Å². The largest absolute Gasteiger partial charge is 0.324 e. The number of rotatable bonds is 4. The summed E-state index contributed by atoms with van der Waals surface area (Å²) in [5.74, 6) is 2.72. The maximum absolute atomic E-state index is 5.77. The molecule has 4 aromatic carbocycles. The van der Waals surface area contributed by atoms with Crippen molar-refractivity contribution in [3.63, 3.8) is 0 Å². The minimum atomic E-state index is -2.04. The molecule has 5 heterocycles. The van der Waals surface area contributed by atoms with Gasteiger partial charge in [0.2, 0.25) is 0 Å². The second kappa shape index (κ2) is 16.3. The molecule has 7 aromatic rings. The quantitative estimate of drug-likeness (QED) is 0.170. The van der Waals surface area contributed by atoms with Crippen molar-refractivity contribution in [3.05, 3.63) is 70.8 Å². The van der Waals surface area contributed by atoms with Crippen LogP contribution in [0.15, 0.2) is 48.5 Å². The highest BCUT2D eigenvalue weighted by atomic mass is 28.3. The molecule has 2 aliphatic rings. The third-order valence-corrected chi connectivity index (χ3v) is 23.0. The Morgan fingerprint density at radius 1 is 0.306 bits per heavy atom. The van der Waals surface area contributed by atoms with Crippen LogP contribution in [0.4, 0.5) is 0 Å². The molecule has 0 unspecified atom stereocenters. The summed E-state index contributed by atoms with van der Waals surface area (Å²) >= 11 is 0. The summed E-state index contributed by atoms with van der Waals surface area (Å²) in [6, 6.07) is 19.3. The van der Waals surface area contributed by atoms with Crippen LogP contribution in [0.1, 0.15) is 105 Å². The third kappa shape index (κ3) is 9.14. The average Bonchev–Trinajstić information content (AvgIpc) is 3.95. The van der Waals surface area contributed by atoms with Gasteiger partial charge in [-0.25, -0.2) is 29.9 Å². The lowest BCUT2D eigenvalue weighted by atomic mass is 9.85. The number of hydrogen-bond acceptors (Lipinski definition) is 6. The Bertz CT molecular complexity index is 3360. The van der Waals surface area contributed by atoms with Gasteiger partial charge < -0.3 is 9.97 Å². The number of nitrogens with zero attached hydrogens (tertiary/aromatic N) is 6. The molecular weight excluding hydrogens is 945 g/mol. The van der Waals surface area contributed by atoms with Crippen molar-refractivity contribution < 1.29 is 0 Å². The van der Waals surface area contributed by atoms with Crippen LogP contribution >= 0.6 is 0 Å². The van der Waals surface area contributed by atoms with Crippen molar-refractivity contribution in [2.75, 3.05) is 0 Å². The molecule has 2 N–H and O–H groups in total. The van der Waals surface area contributed by atoms with Crippen LogP contribution in [-0.2, 0) is 21.7 Å². The van der Waals surface area contributed by atoms with Crippen LogP contribution in [0.5, 0.6) is 0 Å². The lowest BCUT2D eigenvalue weighted by molar-refractivity contribution is 0.590. The monoisotopic (exact) mass is 1030 g/mol. The van der Waals surface area contributed by atoms with E-state index >= 15 is 0 Å². The van der Waals surface area contributed by atoms with Gasteiger partial charge in [-0.05, 0) is 88.9 Å². The van der Waals surface area contributed by atoms with E-state index in [0.717, 1.165) is 66.4 Å². The fourth-order valence-electron chi connectivity index (χ4n) is 10.4. The fourth-order valence-corrected chi connectivity index (χ4v) is 16.8. The molecule has 8 bridgehead atoms. The number of benzene rings is 4. The minimum Gasteiger partial charge on any atom is -0.324 e. The molecule has 0 radical (unpaired) electrons. The first-order valence-electron chi connectivity index (χ1n) is 26.3.